The van der Waals surface area contributed by atoms with Gasteiger partial charge in [0, 0.05) is 24.8 Å². The maximum atomic E-state index is 10.6. The molecule has 38 heavy (non-hydrogen) atoms. The van der Waals surface area contributed by atoms with Crippen molar-refractivity contribution in [2.75, 3.05) is 32.6 Å². The Hall–Kier alpha value is -2.99. The lowest BCUT2D eigenvalue weighted by Crippen LogP contribution is -2.23. The van der Waals surface area contributed by atoms with Crippen LogP contribution in [0.15, 0.2) is 59.6 Å². The molecule has 200 valence electrons. The molecule has 3 aromatic rings. The van der Waals surface area contributed by atoms with E-state index in [0.717, 1.165) is 35.5 Å². The molecule has 0 bridgehead atoms. The van der Waals surface area contributed by atoms with Crippen LogP contribution in [-0.2, 0) is 6.42 Å². The van der Waals surface area contributed by atoms with Crippen LogP contribution in [0, 0.1) is 12.3 Å². The SMILES string of the molecule is CNc1ccc(-c2ccc(-c3ccc(C4=NCNC4)cc3)c(CC3(C)CCCCC3)c2C)cc1C(O)NC. The fourth-order valence-corrected chi connectivity index (χ4v) is 6.33. The summed E-state index contributed by atoms with van der Waals surface area (Å²) in [4.78, 5) is 4.59. The van der Waals surface area contributed by atoms with Gasteiger partial charge in [-0.3, -0.25) is 15.6 Å². The molecule has 1 unspecified atom stereocenters. The first-order valence-corrected chi connectivity index (χ1v) is 14.1. The average Bonchev–Trinajstić information content (AvgIpc) is 3.49. The first-order chi connectivity index (χ1) is 18.4. The Labute approximate surface area is 227 Å². The van der Waals surface area contributed by atoms with E-state index in [1.165, 1.54) is 65.5 Å². The predicted molar refractivity (Wildman–Crippen MR) is 160 cm³/mol. The number of aliphatic hydroxyl groups is 1. The zero-order valence-corrected chi connectivity index (χ0v) is 23.3. The van der Waals surface area contributed by atoms with Gasteiger partial charge in [0.2, 0.25) is 0 Å². The van der Waals surface area contributed by atoms with Crippen molar-refractivity contribution in [1.82, 2.24) is 10.6 Å². The quantitative estimate of drug-likeness (QED) is 0.263. The molecule has 1 atom stereocenters. The number of aliphatic hydroxyl groups excluding tert-OH is 1. The zero-order valence-electron chi connectivity index (χ0n) is 23.3. The predicted octanol–water partition coefficient (Wildman–Crippen LogP) is 6.44. The van der Waals surface area contributed by atoms with Crippen molar-refractivity contribution < 1.29 is 5.11 Å². The molecule has 0 spiro atoms. The fourth-order valence-electron chi connectivity index (χ4n) is 6.33. The van der Waals surface area contributed by atoms with Crippen LogP contribution in [0.25, 0.3) is 22.3 Å². The van der Waals surface area contributed by atoms with Gasteiger partial charge < -0.3 is 10.4 Å². The Morgan fingerprint density at radius 2 is 1.61 bits per heavy atom. The van der Waals surface area contributed by atoms with E-state index in [4.69, 9.17) is 0 Å². The van der Waals surface area contributed by atoms with E-state index in [1.54, 1.807) is 7.05 Å². The molecule has 0 radical (unpaired) electrons. The van der Waals surface area contributed by atoms with Crippen molar-refractivity contribution in [3.05, 3.63) is 76.9 Å². The first-order valence-electron chi connectivity index (χ1n) is 14.1. The van der Waals surface area contributed by atoms with Crippen LogP contribution in [-0.4, -0.2) is 38.1 Å². The Balaban J connectivity index is 1.59. The summed E-state index contributed by atoms with van der Waals surface area (Å²) < 4.78 is 0. The molecular weight excluding hydrogens is 468 g/mol. The normalized spacial score (nSPS) is 17.8. The van der Waals surface area contributed by atoms with Crippen molar-refractivity contribution in [3.63, 3.8) is 0 Å². The highest BCUT2D eigenvalue weighted by Gasteiger charge is 2.29. The van der Waals surface area contributed by atoms with Gasteiger partial charge in [-0.15, -0.1) is 0 Å². The summed E-state index contributed by atoms with van der Waals surface area (Å²) in [5, 5.41) is 20.1. The van der Waals surface area contributed by atoms with Gasteiger partial charge in [0.15, 0.2) is 0 Å². The van der Waals surface area contributed by atoms with E-state index in [9.17, 15) is 5.11 Å². The number of benzene rings is 3. The van der Waals surface area contributed by atoms with Gasteiger partial charge in [0.1, 0.15) is 6.23 Å². The first kappa shape index (κ1) is 26.6. The van der Waals surface area contributed by atoms with Gasteiger partial charge >= 0.3 is 0 Å². The molecule has 1 saturated carbocycles. The molecule has 0 amide bonds. The van der Waals surface area contributed by atoms with E-state index >= 15 is 0 Å². The van der Waals surface area contributed by atoms with Crippen LogP contribution in [0.1, 0.15) is 67.5 Å². The van der Waals surface area contributed by atoms with E-state index < -0.39 is 6.23 Å². The maximum Gasteiger partial charge on any atom is 0.132 e. The summed E-state index contributed by atoms with van der Waals surface area (Å²) in [5.41, 5.74) is 12.2. The van der Waals surface area contributed by atoms with Crippen LogP contribution >= 0.6 is 0 Å². The molecule has 0 saturated heterocycles. The molecular formula is C33H42N4O. The molecule has 5 nitrogen and oxygen atoms in total. The van der Waals surface area contributed by atoms with Crippen molar-refractivity contribution in [2.45, 2.75) is 58.6 Å². The lowest BCUT2D eigenvalue weighted by atomic mass is 9.70. The molecule has 1 aliphatic carbocycles. The topological polar surface area (TPSA) is 68.7 Å². The molecule has 2 aliphatic rings. The Morgan fingerprint density at radius 3 is 2.26 bits per heavy atom. The molecule has 1 fully saturated rings. The highest BCUT2D eigenvalue weighted by molar-refractivity contribution is 6.03. The zero-order chi connectivity index (χ0) is 26.7. The van der Waals surface area contributed by atoms with Crippen molar-refractivity contribution in [2.24, 2.45) is 10.4 Å². The smallest absolute Gasteiger partial charge is 0.132 e. The lowest BCUT2D eigenvalue weighted by Gasteiger charge is -2.35. The Bertz CT molecular complexity index is 1310. The number of nitrogens with one attached hydrogen (secondary N) is 3. The molecule has 5 heteroatoms. The van der Waals surface area contributed by atoms with Crippen LogP contribution in [0.5, 0.6) is 0 Å². The third-order valence-corrected chi connectivity index (χ3v) is 8.67. The highest BCUT2D eigenvalue weighted by Crippen LogP contribution is 2.43. The third-order valence-electron chi connectivity index (χ3n) is 8.67. The number of aliphatic imine (C=N–C) groups is 1. The van der Waals surface area contributed by atoms with Gasteiger partial charge in [-0.25, -0.2) is 0 Å². The second kappa shape index (κ2) is 11.4. The number of rotatable bonds is 8. The second-order valence-corrected chi connectivity index (χ2v) is 11.3. The fraction of sp³-hybridized carbons (Fsp3) is 0.424. The van der Waals surface area contributed by atoms with E-state index in [2.05, 4.69) is 89.4 Å². The Kier molecular flexibility index (Phi) is 7.98. The minimum absolute atomic E-state index is 0.323. The Morgan fingerprint density at radius 1 is 0.921 bits per heavy atom. The van der Waals surface area contributed by atoms with Gasteiger partial charge in [0.25, 0.3) is 0 Å². The summed E-state index contributed by atoms with van der Waals surface area (Å²) in [6.45, 7) is 6.32. The summed E-state index contributed by atoms with van der Waals surface area (Å²) in [7, 11) is 3.67. The standard InChI is InChI=1S/C33H42N4O/c1-22-26(25-12-15-30(34-3)28(18-25)32(38)35-4)13-14-27(29(22)19-33(2)16-6-5-7-17-33)23-8-10-24(11-9-23)31-20-36-21-37-31/h8-15,18,32,34-36,38H,5-7,16-17,19-21H2,1-4H3. The number of nitrogens with zero attached hydrogens (tertiary/aromatic N) is 1. The summed E-state index contributed by atoms with van der Waals surface area (Å²) in [6.07, 6.45) is 6.94. The third kappa shape index (κ3) is 5.42. The number of hydrogen-bond donors (Lipinski definition) is 4. The molecule has 1 heterocycles. The lowest BCUT2D eigenvalue weighted by molar-refractivity contribution is 0.150. The summed E-state index contributed by atoms with van der Waals surface area (Å²) >= 11 is 0. The summed E-state index contributed by atoms with van der Waals surface area (Å²) in [5.74, 6) is 0. The maximum absolute atomic E-state index is 10.6. The van der Waals surface area contributed by atoms with E-state index in [1.807, 2.05) is 7.05 Å². The van der Waals surface area contributed by atoms with Gasteiger partial charge in [0.05, 0.1) is 12.4 Å². The molecule has 4 N–H and O–H groups in total. The van der Waals surface area contributed by atoms with Crippen molar-refractivity contribution in [3.8, 4) is 22.3 Å². The average molecular weight is 511 g/mol. The second-order valence-electron chi connectivity index (χ2n) is 11.3. The van der Waals surface area contributed by atoms with Gasteiger partial charge in [-0.1, -0.05) is 68.7 Å². The molecule has 0 aromatic heterocycles. The van der Waals surface area contributed by atoms with E-state index in [-0.39, 0.29) is 0 Å². The highest BCUT2D eigenvalue weighted by atomic mass is 16.3. The van der Waals surface area contributed by atoms with Crippen molar-refractivity contribution in [1.29, 1.82) is 0 Å². The molecule has 3 aromatic carbocycles. The van der Waals surface area contributed by atoms with Gasteiger partial charge in [-0.2, -0.15) is 0 Å². The minimum atomic E-state index is -0.726. The van der Waals surface area contributed by atoms with Gasteiger partial charge in [-0.05, 0) is 89.7 Å². The molecule has 5 rings (SSSR count). The summed E-state index contributed by atoms with van der Waals surface area (Å²) in [6, 6.07) is 19.9. The van der Waals surface area contributed by atoms with Crippen LogP contribution in [0.3, 0.4) is 0 Å². The minimum Gasteiger partial charge on any atom is -0.388 e. The van der Waals surface area contributed by atoms with Crippen LogP contribution in [0.4, 0.5) is 5.69 Å². The van der Waals surface area contributed by atoms with E-state index in [0.29, 0.717) is 12.1 Å². The molecule has 1 aliphatic heterocycles. The largest absolute Gasteiger partial charge is 0.388 e. The number of anilines is 1. The van der Waals surface area contributed by atoms with Crippen LogP contribution in [0.2, 0.25) is 0 Å². The van der Waals surface area contributed by atoms with Crippen molar-refractivity contribution >= 4 is 11.4 Å². The van der Waals surface area contributed by atoms with Crippen LogP contribution < -0.4 is 16.0 Å². The number of hydrogen-bond acceptors (Lipinski definition) is 5. The monoisotopic (exact) mass is 510 g/mol.